The lowest BCUT2D eigenvalue weighted by atomic mass is 10.7. The molecule has 1 amide bonds. The van der Waals surface area contributed by atoms with Crippen LogP contribution in [0.3, 0.4) is 0 Å². The lowest BCUT2D eigenvalue weighted by Crippen LogP contribution is -2.19. The summed E-state index contributed by atoms with van der Waals surface area (Å²) in [5.74, 6) is 0.949. The minimum absolute atomic E-state index is 0.00898. The number of nitrogens with zero attached hydrogens (tertiary/aromatic N) is 2. The smallest absolute Gasteiger partial charge is 0.236 e. The highest BCUT2D eigenvalue weighted by molar-refractivity contribution is 8.15. The van der Waals surface area contributed by atoms with E-state index >= 15 is 0 Å². The van der Waals surface area contributed by atoms with Crippen molar-refractivity contribution >= 4 is 28.8 Å². The summed E-state index contributed by atoms with van der Waals surface area (Å²) in [6, 6.07) is 0. The van der Waals surface area contributed by atoms with Crippen LogP contribution >= 0.6 is 11.8 Å². The molecule has 1 aromatic rings. The number of aromatic amines is 1. The fourth-order valence-corrected chi connectivity index (χ4v) is 1.48. The highest BCUT2D eigenvalue weighted by Crippen LogP contribution is 2.12. The number of amides is 1. The zero-order chi connectivity index (χ0) is 8.39. The molecule has 0 atom stereocenters. The van der Waals surface area contributed by atoms with Gasteiger partial charge in [-0.2, -0.15) is 4.99 Å². The van der Waals surface area contributed by atoms with Crippen molar-refractivity contribution in [2.75, 3.05) is 5.75 Å². The zero-order valence-corrected chi connectivity index (χ0v) is 6.89. The Morgan fingerprint density at radius 3 is 3.17 bits per heavy atom. The minimum Gasteiger partial charge on any atom is -0.329 e. The van der Waals surface area contributed by atoms with E-state index in [4.69, 9.17) is 0 Å². The lowest BCUT2D eigenvalue weighted by Gasteiger charge is -1.90. The number of nitrogens with one attached hydrogen (secondary N) is 2. The highest BCUT2D eigenvalue weighted by Gasteiger charge is 2.16. The normalized spacial score (nSPS) is 20.0. The van der Waals surface area contributed by atoms with Crippen molar-refractivity contribution in [3.63, 3.8) is 0 Å². The van der Waals surface area contributed by atoms with Crippen molar-refractivity contribution in [2.45, 2.75) is 0 Å². The summed E-state index contributed by atoms with van der Waals surface area (Å²) in [7, 11) is 0. The Kier molecular flexibility index (Phi) is 1.83. The Morgan fingerprint density at radius 1 is 1.67 bits per heavy atom. The van der Waals surface area contributed by atoms with Gasteiger partial charge in [-0.3, -0.25) is 4.79 Å². The molecule has 1 aliphatic heterocycles. The molecule has 0 saturated carbocycles. The maximum Gasteiger partial charge on any atom is 0.236 e. The van der Waals surface area contributed by atoms with E-state index in [-0.39, 0.29) is 5.91 Å². The van der Waals surface area contributed by atoms with Crippen molar-refractivity contribution < 1.29 is 4.79 Å². The molecule has 1 saturated heterocycles. The minimum atomic E-state index is -0.00898. The van der Waals surface area contributed by atoms with Crippen LogP contribution in [0.1, 0.15) is 0 Å². The number of aromatic nitrogens is 2. The van der Waals surface area contributed by atoms with Crippen molar-refractivity contribution in [2.24, 2.45) is 4.99 Å². The van der Waals surface area contributed by atoms with Crippen LogP contribution in [0.25, 0.3) is 0 Å². The molecule has 2 N–H and O–H groups in total. The van der Waals surface area contributed by atoms with E-state index in [1.165, 1.54) is 11.8 Å². The second-order valence-electron chi connectivity index (χ2n) is 2.17. The third-order valence-corrected chi connectivity index (χ3v) is 2.15. The van der Waals surface area contributed by atoms with Gasteiger partial charge < -0.3 is 10.3 Å². The monoisotopic (exact) mass is 182 g/mol. The lowest BCUT2D eigenvalue weighted by molar-refractivity contribution is -0.116. The van der Waals surface area contributed by atoms with Crippen LogP contribution in [0.2, 0.25) is 0 Å². The predicted octanol–water partition coefficient (Wildman–Crippen LogP) is 0.260. The standard InChI is InChI=1S/C6H6N4OS/c11-4-3-12-6(9-4)10-5-7-1-2-8-5/h1-2H,3H2,(H2,7,8,9,10,11). The number of H-pyrrole nitrogens is 1. The van der Waals surface area contributed by atoms with Gasteiger partial charge in [0.15, 0.2) is 5.17 Å². The Labute approximate surface area is 72.7 Å². The van der Waals surface area contributed by atoms with Crippen LogP contribution in [0.15, 0.2) is 17.4 Å². The average molecular weight is 182 g/mol. The van der Waals surface area contributed by atoms with E-state index in [9.17, 15) is 4.79 Å². The van der Waals surface area contributed by atoms with Crippen molar-refractivity contribution in [1.29, 1.82) is 0 Å². The molecule has 0 spiro atoms. The van der Waals surface area contributed by atoms with E-state index < -0.39 is 0 Å². The number of carbonyl (C=O) groups is 1. The first-order valence-electron chi connectivity index (χ1n) is 3.35. The van der Waals surface area contributed by atoms with E-state index in [2.05, 4.69) is 20.3 Å². The van der Waals surface area contributed by atoms with E-state index in [0.717, 1.165) is 0 Å². The molecule has 0 aromatic carbocycles. The number of aliphatic imine (C=N–C) groups is 1. The zero-order valence-electron chi connectivity index (χ0n) is 6.07. The molecule has 2 rings (SSSR count). The van der Waals surface area contributed by atoms with E-state index in [1.54, 1.807) is 12.4 Å². The van der Waals surface area contributed by atoms with E-state index in [1.807, 2.05) is 0 Å². The number of thioether (sulfide) groups is 1. The van der Waals surface area contributed by atoms with Gasteiger partial charge in [-0.15, -0.1) is 0 Å². The van der Waals surface area contributed by atoms with Crippen molar-refractivity contribution in [3.8, 4) is 0 Å². The first-order valence-corrected chi connectivity index (χ1v) is 4.34. The molecule has 12 heavy (non-hydrogen) atoms. The second kappa shape index (κ2) is 2.98. The number of hydrogen-bond donors (Lipinski definition) is 2. The number of amidine groups is 1. The van der Waals surface area contributed by atoms with Gasteiger partial charge in [-0.05, 0) is 0 Å². The van der Waals surface area contributed by atoms with Gasteiger partial charge in [0, 0.05) is 12.4 Å². The largest absolute Gasteiger partial charge is 0.329 e. The molecule has 2 heterocycles. The maximum atomic E-state index is 10.7. The Morgan fingerprint density at radius 2 is 2.58 bits per heavy atom. The highest BCUT2D eigenvalue weighted by atomic mass is 32.2. The summed E-state index contributed by atoms with van der Waals surface area (Å²) >= 11 is 1.38. The average Bonchev–Trinajstić information content (AvgIpc) is 2.63. The fourth-order valence-electron chi connectivity index (χ4n) is 0.800. The summed E-state index contributed by atoms with van der Waals surface area (Å²) in [5, 5.41) is 3.21. The predicted molar refractivity (Wildman–Crippen MR) is 46.3 cm³/mol. The summed E-state index contributed by atoms with van der Waals surface area (Å²) < 4.78 is 0. The van der Waals surface area contributed by atoms with Gasteiger partial charge in [0.2, 0.25) is 11.9 Å². The van der Waals surface area contributed by atoms with Gasteiger partial charge in [0.1, 0.15) is 0 Å². The van der Waals surface area contributed by atoms with Gasteiger partial charge in [-0.1, -0.05) is 11.8 Å². The molecule has 0 bridgehead atoms. The second-order valence-corrected chi connectivity index (χ2v) is 3.13. The molecule has 6 heteroatoms. The van der Waals surface area contributed by atoms with Crippen LogP contribution in [0.4, 0.5) is 5.95 Å². The summed E-state index contributed by atoms with van der Waals surface area (Å²) in [6.45, 7) is 0. The molecule has 0 aliphatic carbocycles. The Hall–Kier alpha value is -1.30. The molecule has 0 radical (unpaired) electrons. The summed E-state index contributed by atoms with van der Waals surface area (Å²) in [5.41, 5.74) is 0. The number of rotatable bonds is 1. The third-order valence-electron chi connectivity index (χ3n) is 1.28. The van der Waals surface area contributed by atoms with Crippen LogP contribution in [0, 0.1) is 0 Å². The van der Waals surface area contributed by atoms with E-state index in [0.29, 0.717) is 16.9 Å². The first-order chi connectivity index (χ1) is 5.84. The molecular weight excluding hydrogens is 176 g/mol. The van der Waals surface area contributed by atoms with Gasteiger partial charge in [0.25, 0.3) is 0 Å². The first kappa shape index (κ1) is 7.35. The molecule has 1 aromatic heterocycles. The summed E-state index contributed by atoms with van der Waals surface area (Å²) in [6.07, 6.45) is 3.29. The van der Waals surface area contributed by atoms with Crippen LogP contribution < -0.4 is 5.32 Å². The molecule has 1 fully saturated rings. The quantitative estimate of drug-likeness (QED) is 0.654. The topological polar surface area (TPSA) is 70.1 Å². The van der Waals surface area contributed by atoms with Crippen LogP contribution in [0.5, 0.6) is 0 Å². The SMILES string of the molecule is O=C1CS/C(=N\c2ncc[nH]2)N1. The third kappa shape index (κ3) is 1.48. The van der Waals surface area contributed by atoms with Gasteiger partial charge in [0.05, 0.1) is 5.75 Å². The molecule has 0 unspecified atom stereocenters. The number of carbonyl (C=O) groups excluding carboxylic acids is 1. The van der Waals surface area contributed by atoms with Crippen LogP contribution in [-0.2, 0) is 4.79 Å². The Bertz CT molecular complexity index is 318. The number of hydrogen-bond acceptors (Lipinski definition) is 4. The molecule has 62 valence electrons. The van der Waals surface area contributed by atoms with Crippen molar-refractivity contribution in [1.82, 2.24) is 15.3 Å². The van der Waals surface area contributed by atoms with Gasteiger partial charge in [-0.25, -0.2) is 4.98 Å². The van der Waals surface area contributed by atoms with Crippen LogP contribution in [-0.4, -0.2) is 26.8 Å². The molecular formula is C6H6N4OS. The molecule has 1 aliphatic rings. The van der Waals surface area contributed by atoms with Gasteiger partial charge >= 0.3 is 0 Å². The molecule has 5 nitrogen and oxygen atoms in total. The summed E-state index contributed by atoms with van der Waals surface area (Å²) in [4.78, 5) is 21.5. The number of imidazole rings is 1. The van der Waals surface area contributed by atoms with Crippen molar-refractivity contribution in [3.05, 3.63) is 12.4 Å². The fraction of sp³-hybridized carbons (Fsp3) is 0.167. The Balaban J connectivity index is 2.15. The maximum absolute atomic E-state index is 10.7.